The zero-order valence-electron chi connectivity index (χ0n) is 23.0. The number of ether oxygens (including phenoxy) is 1. The largest absolute Gasteiger partial charge is 0.444 e. The fourth-order valence-corrected chi connectivity index (χ4v) is 5.57. The molecule has 2 aliphatic heterocycles. The minimum atomic E-state index is -4.99. The van der Waals surface area contributed by atoms with E-state index in [0.29, 0.717) is 29.1 Å². The summed E-state index contributed by atoms with van der Waals surface area (Å²) in [5.41, 5.74) is -3.18. The molecule has 0 aromatic heterocycles. The summed E-state index contributed by atoms with van der Waals surface area (Å²) >= 11 is 12.4. The van der Waals surface area contributed by atoms with Crippen molar-refractivity contribution in [3.63, 3.8) is 0 Å². The average Bonchev–Trinajstić information content (AvgIpc) is 3.22. The molecule has 0 spiro atoms. The zero-order chi connectivity index (χ0) is 31.2. The second-order valence-corrected chi connectivity index (χ2v) is 12.2. The van der Waals surface area contributed by atoms with Gasteiger partial charge in [0.2, 0.25) is 0 Å². The van der Waals surface area contributed by atoms with Crippen molar-refractivity contribution in [2.24, 2.45) is 0 Å². The molecular formula is C28H29Cl2F6N3O3. The Bertz CT molecular complexity index is 1310. The van der Waals surface area contributed by atoms with Gasteiger partial charge < -0.3 is 19.4 Å². The first kappa shape index (κ1) is 32.1. The number of carbonyl (C=O) groups is 2. The van der Waals surface area contributed by atoms with E-state index in [-0.39, 0.29) is 42.8 Å². The predicted molar refractivity (Wildman–Crippen MR) is 144 cm³/mol. The lowest BCUT2D eigenvalue weighted by molar-refractivity contribution is -0.143. The summed E-state index contributed by atoms with van der Waals surface area (Å²) in [7, 11) is 0. The monoisotopic (exact) mass is 639 g/mol. The van der Waals surface area contributed by atoms with Crippen LogP contribution in [0.3, 0.4) is 0 Å². The van der Waals surface area contributed by atoms with Gasteiger partial charge in [0.15, 0.2) is 0 Å². The molecule has 2 heterocycles. The van der Waals surface area contributed by atoms with Crippen molar-refractivity contribution >= 4 is 35.3 Å². The number of amides is 3. The number of hydrogen-bond acceptors (Lipinski definition) is 3. The topological polar surface area (TPSA) is 53.1 Å². The van der Waals surface area contributed by atoms with Gasteiger partial charge in [-0.25, -0.2) is 9.59 Å². The fraction of sp³-hybridized carbons (Fsp3) is 0.500. The standard InChI is InChI=1S/C28H29Cl2F6N3O3/c1-26(2,3)42-25(41)38-7-6-23(20(15-38)17-4-5-21(29)22(30)12-17)39-9-8-37(24(39)40)14-16-10-18(27(31,32)33)13-19(11-16)28(34,35)36/h4-5,10-13,20,23H,6-9,14-15H2,1-3H3/t20-,23+/m0/s1. The van der Waals surface area contributed by atoms with E-state index in [1.807, 2.05) is 0 Å². The van der Waals surface area contributed by atoms with E-state index in [2.05, 4.69) is 0 Å². The van der Waals surface area contributed by atoms with Gasteiger partial charge >= 0.3 is 24.5 Å². The van der Waals surface area contributed by atoms with Crippen LogP contribution in [0.5, 0.6) is 0 Å². The summed E-state index contributed by atoms with van der Waals surface area (Å²) in [5, 5.41) is 0.598. The first-order valence-electron chi connectivity index (χ1n) is 13.1. The van der Waals surface area contributed by atoms with Crippen LogP contribution in [0.4, 0.5) is 35.9 Å². The van der Waals surface area contributed by atoms with Gasteiger partial charge in [0.25, 0.3) is 0 Å². The van der Waals surface area contributed by atoms with Crippen LogP contribution in [0, 0.1) is 0 Å². The number of nitrogens with zero attached hydrogens (tertiary/aromatic N) is 3. The molecule has 0 bridgehead atoms. The zero-order valence-corrected chi connectivity index (χ0v) is 24.5. The maximum Gasteiger partial charge on any atom is 0.416 e. The molecule has 3 amide bonds. The number of hydrogen-bond donors (Lipinski definition) is 0. The summed E-state index contributed by atoms with van der Waals surface area (Å²) in [6, 6.07) is 5.34. The molecule has 230 valence electrons. The minimum Gasteiger partial charge on any atom is -0.444 e. The molecule has 2 atom stereocenters. The maximum absolute atomic E-state index is 13.5. The van der Waals surface area contributed by atoms with Gasteiger partial charge in [-0.05, 0) is 68.7 Å². The number of halogens is 8. The van der Waals surface area contributed by atoms with Crippen LogP contribution < -0.4 is 0 Å². The molecule has 0 aliphatic carbocycles. The molecule has 2 aliphatic rings. The maximum atomic E-state index is 13.5. The van der Waals surface area contributed by atoms with Crippen molar-refractivity contribution in [2.75, 3.05) is 26.2 Å². The minimum absolute atomic E-state index is 0.0574. The summed E-state index contributed by atoms with van der Waals surface area (Å²) < 4.78 is 85.7. The van der Waals surface area contributed by atoms with E-state index in [1.165, 1.54) is 9.80 Å². The van der Waals surface area contributed by atoms with Gasteiger partial charge in [0, 0.05) is 44.7 Å². The van der Waals surface area contributed by atoms with Crippen LogP contribution in [0.15, 0.2) is 36.4 Å². The number of rotatable bonds is 4. The van der Waals surface area contributed by atoms with Crippen molar-refractivity contribution in [1.82, 2.24) is 14.7 Å². The molecule has 2 aromatic carbocycles. The fourth-order valence-electron chi connectivity index (χ4n) is 5.26. The Balaban J connectivity index is 1.59. The van der Waals surface area contributed by atoms with E-state index in [1.54, 1.807) is 43.9 Å². The van der Waals surface area contributed by atoms with Crippen LogP contribution in [-0.2, 0) is 23.6 Å². The van der Waals surface area contributed by atoms with Gasteiger partial charge in [-0.15, -0.1) is 0 Å². The Hall–Kier alpha value is -2.86. The molecule has 6 nitrogen and oxygen atoms in total. The lowest BCUT2D eigenvalue weighted by Gasteiger charge is -2.43. The predicted octanol–water partition coefficient (Wildman–Crippen LogP) is 8.06. The highest BCUT2D eigenvalue weighted by Crippen LogP contribution is 2.38. The molecule has 0 N–H and O–H groups in total. The summed E-state index contributed by atoms with van der Waals surface area (Å²) in [4.78, 5) is 30.7. The number of likely N-dealkylation sites (tertiary alicyclic amines) is 1. The van der Waals surface area contributed by atoms with Crippen molar-refractivity contribution in [1.29, 1.82) is 0 Å². The number of carbonyl (C=O) groups excluding carboxylic acids is 2. The Morgan fingerprint density at radius 3 is 2.07 bits per heavy atom. The third-order valence-electron chi connectivity index (χ3n) is 7.15. The van der Waals surface area contributed by atoms with Crippen molar-refractivity contribution in [3.05, 3.63) is 68.7 Å². The molecule has 0 radical (unpaired) electrons. The van der Waals surface area contributed by atoms with Crippen LogP contribution in [-0.4, -0.2) is 64.6 Å². The Kier molecular flexibility index (Phi) is 8.91. The molecule has 0 unspecified atom stereocenters. The first-order valence-corrected chi connectivity index (χ1v) is 13.9. The molecule has 14 heteroatoms. The lowest BCUT2D eigenvalue weighted by atomic mass is 9.85. The average molecular weight is 640 g/mol. The van der Waals surface area contributed by atoms with Gasteiger partial charge in [-0.2, -0.15) is 26.3 Å². The van der Waals surface area contributed by atoms with Crippen LogP contribution in [0.1, 0.15) is 55.4 Å². The Labute approximate surface area is 249 Å². The van der Waals surface area contributed by atoms with Crippen molar-refractivity contribution in [3.8, 4) is 0 Å². The second-order valence-electron chi connectivity index (χ2n) is 11.4. The SMILES string of the molecule is CC(C)(C)OC(=O)N1CC[C@@H](N2CCN(Cc3cc(C(F)(F)F)cc(C(F)(F)F)c3)C2=O)[C@H](c2ccc(Cl)c(Cl)c2)C1. The normalized spacial score (nSPS) is 20.4. The van der Waals surface area contributed by atoms with Gasteiger partial charge in [0.1, 0.15) is 5.60 Å². The quantitative estimate of drug-likeness (QED) is 0.318. The molecule has 2 fully saturated rings. The molecule has 42 heavy (non-hydrogen) atoms. The second kappa shape index (κ2) is 11.7. The van der Waals surface area contributed by atoms with Gasteiger partial charge in [0.05, 0.1) is 21.2 Å². The third kappa shape index (κ3) is 7.37. The highest BCUT2D eigenvalue weighted by Gasteiger charge is 2.43. The van der Waals surface area contributed by atoms with Crippen LogP contribution in [0.25, 0.3) is 0 Å². The first-order chi connectivity index (χ1) is 19.3. The number of alkyl halides is 6. The summed E-state index contributed by atoms with van der Waals surface area (Å²) in [6.07, 6.45) is -10.2. The molecular weight excluding hydrogens is 611 g/mol. The van der Waals surface area contributed by atoms with Gasteiger partial charge in [-0.1, -0.05) is 29.3 Å². The third-order valence-corrected chi connectivity index (χ3v) is 7.89. The van der Waals surface area contributed by atoms with E-state index >= 15 is 0 Å². The number of urea groups is 1. The highest BCUT2D eigenvalue weighted by molar-refractivity contribution is 6.42. The van der Waals surface area contributed by atoms with Crippen molar-refractivity contribution < 1.29 is 40.7 Å². The highest BCUT2D eigenvalue weighted by atomic mass is 35.5. The van der Waals surface area contributed by atoms with Crippen LogP contribution in [0.2, 0.25) is 10.0 Å². The number of piperidine rings is 1. The van der Waals surface area contributed by atoms with E-state index in [4.69, 9.17) is 27.9 Å². The smallest absolute Gasteiger partial charge is 0.416 e. The van der Waals surface area contributed by atoms with E-state index in [0.717, 1.165) is 0 Å². The molecule has 4 rings (SSSR count). The molecule has 2 aromatic rings. The van der Waals surface area contributed by atoms with Crippen LogP contribution >= 0.6 is 23.2 Å². The Morgan fingerprint density at radius 1 is 0.905 bits per heavy atom. The summed E-state index contributed by atoms with van der Waals surface area (Å²) in [6.45, 7) is 5.54. The van der Waals surface area contributed by atoms with Gasteiger partial charge in [-0.3, -0.25) is 0 Å². The Morgan fingerprint density at radius 2 is 1.52 bits per heavy atom. The lowest BCUT2D eigenvalue weighted by Crippen LogP contribution is -2.53. The van der Waals surface area contributed by atoms with E-state index in [9.17, 15) is 35.9 Å². The summed E-state index contributed by atoms with van der Waals surface area (Å²) in [5.74, 6) is -0.421. The molecule has 0 saturated carbocycles. The molecule has 2 saturated heterocycles. The van der Waals surface area contributed by atoms with Crippen molar-refractivity contribution in [2.45, 2.75) is 63.7 Å². The van der Waals surface area contributed by atoms with E-state index < -0.39 is 59.7 Å². The number of benzene rings is 2.